The molecule has 0 radical (unpaired) electrons. The van der Waals surface area contributed by atoms with Gasteiger partial charge in [0.2, 0.25) is 0 Å². The van der Waals surface area contributed by atoms with Gasteiger partial charge in [-0.25, -0.2) is 0 Å². The normalized spacial score (nSPS) is 28.2. The quantitative estimate of drug-likeness (QED) is 0.473. The zero-order valence-corrected chi connectivity index (χ0v) is 17.6. The fraction of sp³-hybridized carbons (Fsp3) is 0.308. The molecular formula is C26H29OP. The zero-order valence-electron chi connectivity index (χ0n) is 16.7. The first kappa shape index (κ1) is 18.0. The van der Waals surface area contributed by atoms with Crippen molar-refractivity contribution in [2.75, 3.05) is 0 Å². The number of benzene rings is 1. The molecule has 0 fully saturated rings. The zero-order chi connectivity index (χ0) is 19.1. The van der Waals surface area contributed by atoms with Crippen molar-refractivity contribution in [3.63, 3.8) is 0 Å². The van der Waals surface area contributed by atoms with Gasteiger partial charge < -0.3 is 0 Å². The Bertz CT molecular complexity index is 904. The van der Waals surface area contributed by atoms with E-state index in [0.29, 0.717) is 5.66 Å². The third kappa shape index (κ3) is 2.23. The summed E-state index contributed by atoms with van der Waals surface area (Å²) in [4.78, 5) is 0. The first-order chi connectivity index (χ1) is 13.8. The third-order valence-electron chi connectivity index (χ3n) is 6.86. The summed E-state index contributed by atoms with van der Waals surface area (Å²) >= 11 is 0. The van der Waals surface area contributed by atoms with Gasteiger partial charge in [0.1, 0.15) is 0 Å². The molecule has 1 heterocycles. The fourth-order valence-corrected chi connectivity index (χ4v) is 12.2. The van der Waals surface area contributed by atoms with Gasteiger partial charge in [0.25, 0.3) is 0 Å². The van der Waals surface area contributed by atoms with Crippen molar-refractivity contribution < 1.29 is 4.52 Å². The molecule has 144 valence electrons. The van der Waals surface area contributed by atoms with Gasteiger partial charge in [-0.2, -0.15) is 0 Å². The van der Waals surface area contributed by atoms with Crippen LogP contribution in [0.2, 0.25) is 0 Å². The minimum atomic E-state index is -3.08. The van der Waals surface area contributed by atoms with Crippen molar-refractivity contribution in [3.8, 4) is 5.75 Å². The Morgan fingerprint density at radius 2 is 1.21 bits per heavy atom. The second-order valence-corrected chi connectivity index (χ2v) is 12.9. The van der Waals surface area contributed by atoms with Crippen LogP contribution < -0.4 is 4.52 Å². The molecule has 0 spiro atoms. The third-order valence-corrected chi connectivity index (χ3v) is 13.3. The number of hydrogen-bond acceptors (Lipinski definition) is 1. The monoisotopic (exact) mass is 388 g/mol. The van der Waals surface area contributed by atoms with Crippen molar-refractivity contribution in [1.29, 1.82) is 0 Å². The van der Waals surface area contributed by atoms with E-state index in [1.54, 1.807) is 0 Å². The topological polar surface area (TPSA) is 9.23 Å². The van der Waals surface area contributed by atoms with Gasteiger partial charge in [-0.15, -0.1) is 0 Å². The number of hydrogen-bond donors (Lipinski definition) is 0. The van der Waals surface area contributed by atoms with E-state index in [-0.39, 0.29) is 0 Å². The molecule has 2 heteroatoms. The van der Waals surface area contributed by atoms with Crippen molar-refractivity contribution in [1.82, 2.24) is 0 Å². The summed E-state index contributed by atoms with van der Waals surface area (Å²) < 4.78 is 7.38. The standard InChI is InChI=1S/C26H29OP/c1-21-25-19-11-12-20-26(25)27-28(21,22-13-5-2-6-14-22,23-15-7-3-8-16-23)24-17-9-4-10-18-24/h5,7,9,11-21H,2-4,6,8,10H2,1H3. The Morgan fingerprint density at radius 3 is 1.64 bits per heavy atom. The van der Waals surface area contributed by atoms with Crippen LogP contribution in [0.25, 0.3) is 0 Å². The van der Waals surface area contributed by atoms with Crippen LogP contribution >= 0.6 is 6.83 Å². The number of para-hydroxylation sites is 1. The van der Waals surface area contributed by atoms with Crippen molar-refractivity contribution >= 4 is 6.83 Å². The Balaban J connectivity index is 1.89. The van der Waals surface area contributed by atoms with Gasteiger partial charge in [0, 0.05) is 0 Å². The van der Waals surface area contributed by atoms with Crippen LogP contribution in [0.3, 0.4) is 0 Å². The molecule has 1 aromatic rings. The second-order valence-electron chi connectivity index (χ2n) is 8.23. The molecule has 4 aliphatic rings. The van der Waals surface area contributed by atoms with E-state index < -0.39 is 6.83 Å². The van der Waals surface area contributed by atoms with Crippen LogP contribution in [0, 0.1) is 0 Å². The Morgan fingerprint density at radius 1 is 0.714 bits per heavy atom. The molecule has 0 bridgehead atoms. The van der Waals surface area contributed by atoms with Gasteiger partial charge >= 0.3 is 169 Å². The summed E-state index contributed by atoms with van der Waals surface area (Å²) in [5.41, 5.74) is 1.68. The second kappa shape index (κ2) is 6.75. The van der Waals surface area contributed by atoms with E-state index >= 15 is 0 Å². The van der Waals surface area contributed by atoms with Crippen molar-refractivity contribution in [2.45, 2.75) is 51.1 Å². The summed E-state index contributed by atoms with van der Waals surface area (Å²) in [6, 6.07) is 8.73. The van der Waals surface area contributed by atoms with E-state index in [9.17, 15) is 0 Å². The number of rotatable bonds is 3. The van der Waals surface area contributed by atoms with Crippen LogP contribution in [0.1, 0.15) is 56.7 Å². The molecule has 1 aromatic carbocycles. The molecule has 3 aliphatic carbocycles. The fourth-order valence-electron chi connectivity index (χ4n) is 5.52. The summed E-state index contributed by atoms with van der Waals surface area (Å²) in [5, 5.41) is 4.28. The van der Waals surface area contributed by atoms with Crippen LogP contribution in [-0.4, -0.2) is 0 Å². The van der Waals surface area contributed by atoms with Gasteiger partial charge in [0.05, 0.1) is 0 Å². The number of allylic oxidation sites excluding steroid dienone is 12. The molecule has 5 rings (SSSR count). The molecular weight excluding hydrogens is 359 g/mol. The maximum atomic E-state index is 7.38. The van der Waals surface area contributed by atoms with Gasteiger partial charge in [-0.05, 0) is 0 Å². The summed E-state index contributed by atoms with van der Waals surface area (Å²) in [7, 11) is 0. The Kier molecular flexibility index (Phi) is 4.33. The molecule has 0 amide bonds. The molecule has 1 aliphatic heterocycles. The van der Waals surface area contributed by atoms with Crippen LogP contribution in [0.5, 0.6) is 5.75 Å². The molecule has 1 atom stereocenters. The van der Waals surface area contributed by atoms with Gasteiger partial charge in [-0.1, -0.05) is 0 Å². The van der Waals surface area contributed by atoms with Crippen LogP contribution in [0.15, 0.2) is 94.9 Å². The van der Waals surface area contributed by atoms with Crippen molar-refractivity contribution in [3.05, 3.63) is 100 Å². The Labute approximate surface area is 168 Å². The summed E-state index contributed by atoms with van der Waals surface area (Å²) in [6.07, 6.45) is 28.3. The van der Waals surface area contributed by atoms with E-state index in [4.69, 9.17) is 4.52 Å². The predicted molar refractivity (Wildman–Crippen MR) is 122 cm³/mol. The van der Waals surface area contributed by atoms with E-state index in [1.165, 1.54) is 21.5 Å². The summed E-state index contributed by atoms with van der Waals surface area (Å²) in [5.74, 6) is 1.08. The van der Waals surface area contributed by atoms with Crippen molar-refractivity contribution in [2.24, 2.45) is 0 Å². The van der Waals surface area contributed by atoms with Crippen LogP contribution in [0.4, 0.5) is 0 Å². The first-order valence-corrected chi connectivity index (χ1v) is 12.9. The average Bonchev–Trinajstić information content (AvgIpc) is 3.07. The van der Waals surface area contributed by atoms with E-state index in [2.05, 4.69) is 85.9 Å². The minimum absolute atomic E-state index is 0.319. The van der Waals surface area contributed by atoms with E-state index in [1.807, 2.05) is 0 Å². The Hall–Kier alpha value is -2.11. The molecule has 0 saturated heterocycles. The predicted octanol–water partition coefficient (Wildman–Crippen LogP) is 8.31. The molecule has 0 aromatic heterocycles. The molecule has 1 unspecified atom stereocenters. The first-order valence-electron chi connectivity index (χ1n) is 10.7. The molecule has 0 saturated carbocycles. The van der Waals surface area contributed by atoms with Gasteiger partial charge in [0.15, 0.2) is 0 Å². The maximum absolute atomic E-state index is 7.38. The van der Waals surface area contributed by atoms with Gasteiger partial charge in [-0.3, -0.25) is 0 Å². The summed E-state index contributed by atoms with van der Waals surface area (Å²) in [6.45, 7) is -0.669. The number of fused-ring (bicyclic) bond motifs is 1. The molecule has 0 N–H and O–H groups in total. The molecule has 1 nitrogen and oxygen atoms in total. The van der Waals surface area contributed by atoms with E-state index in [0.717, 1.165) is 44.3 Å². The SMILES string of the molecule is CC1c2ccccc2OP1(C1=CCCC=C1)(C1=CCCC=C1)C1=CCCC=C1. The van der Waals surface area contributed by atoms with Crippen LogP contribution in [-0.2, 0) is 0 Å². The molecule has 28 heavy (non-hydrogen) atoms. The average molecular weight is 388 g/mol.